The van der Waals surface area contributed by atoms with Crippen molar-refractivity contribution in [3.63, 3.8) is 0 Å². The first kappa shape index (κ1) is 10.5. The van der Waals surface area contributed by atoms with E-state index < -0.39 is 0 Å². The van der Waals surface area contributed by atoms with E-state index in [-0.39, 0.29) is 6.29 Å². The molecule has 2 aromatic rings. The van der Waals surface area contributed by atoms with Gasteiger partial charge in [-0.25, -0.2) is 0 Å². The smallest absolute Gasteiger partial charge is 0.184 e. The Kier molecular flexibility index (Phi) is 2.90. The van der Waals surface area contributed by atoms with Crippen LogP contribution in [0.1, 0.15) is 11.9 Å². The molecule has 3 rings (SSSR count). The normalized spacial score (nSPS) is 16.2. The van der Waals surface area contributed by atoms with Crippen LogP contribution in [0.2, 0.25) is 0 Å². The Bertz CT molecular complexity index is 470. The van der Waals surface area contributed by atoms with Crippen molar-refractivity contribution in [3.05, 3.63) is 60.2 Å². The molecule has 1 fully saturated rings. The second kappa shape index (κ2) is 4.70. The number of ether oxygens (including phenoxy) is 2. The summed E-state index contributed by atoms with van der Waals surface area (Å²) in [4.78, 5) is 0. The molecule has 86 valence electrons. The minimum Gasteiger partial charge on any atom is -0.346 e. The van der Waals surface area contributed by atoms with Crippen LogP contribution in [0.4, 0.5) is 0 Å². The van der Waals surface area contributed by atoms with Gasteiger partial charge in [0.05, 0.1) is 13.2 Å². The van der Waals surface area contributed by atoms with Gasteiger partial charge < -0.3 is 9.47 Å². The van der Waals surface area contributed by atoms with E-state index in [0.717, 1.165) is 5.56 Å². The molecular weight excluding hydrogens is 212 g/mol. The molecular formula is C15H14O2. The summed E-state index contributed by atoms with van der Waals surface area (Å²) in [6.45, 7) is 1.37. The highest BCUT2D eigenvalue weighted by atomic mass is 16.7. The Morgan fingerprint density at radius 2 is 1.29 bits per heavy atom. The van der Waals surface area contributed by atoms with Crippen molar-refractivity contribution < 1.29 is 9.47 Å². The fraction of sp³-hybridized carbons (Fsp3) is 0.200. The first-order valence-electron chi connectivity index (χ1n) is 5.82. The van der Waals surface area contributed by atoms with E-state index >= 15 is 0 Å². The maximum absolute atomic E-state index is 5.46. The van der Waals surface area contributed by atoms with Gasteiger partial charge in [-0.3, -0.25) is 0 Å². The lowest BCUT2D eigenvalue weighted by molar-refractivity contribution is -0.0441. The quantitative estimate of drug-likeness (QED) is 0.781. The van der Waals surface area contributed by atoms with Crippen LogP contribution in [0.25, 0.3) is 11.1 Å². The topological polar surface area (TPSA) is 18.5 Å². The number of benzene rings is 2. The molecule has 1 heterocycles. The Morgan fingerprint density at radius 1 is 0.706 bits per heavy atom. The van der Waals surface area contributed by atoms with Gasteiger partial charge in [-0.05, 0) is 11.1 Å². The fourth-order valence-electron chi connectivity index (χ4n) is 2.01. The van der Waals surface area contributed by atoms with Gasteiger partial charge in [-0.2, -0.15) is 0 Å². The van der Waals surface area contributed by atoms with E-state index in [9.17, 15) is 0 Å². The molecule has 0 saturated carbocycles. The van der Waals surface area contributed by atoms with Crippen molar-refractivity contribution in [3.8, 4) is 11.1 Å². The molecule has 0 aromatic heterocycles. The van der Waals surface area contributed by atoms with E-state index in [1.54, 1.807) is 0 Å². The molecule has 17 heavy (non-hydrogen) atoms. The minimum atomic E-state index is -0.181. The highest BCUT2D eigenvalue weighted by Crippen LogP contribution is 2.26. The molecule has 2 heteroatoms. The molecule has 0 radical (unpaired) electrons. The van der Waals surface area contributed by atoms with E-state index in [1.807, 2.05) is 18.2 Å². The van der Waals surface area contributed by atoms with Crippen molar-refractivity contribution in [2.45, 2.75) is 6.29 Å². The summed E-state index contributed by atoms with van der Waals surface area (Å²) in [5, 5.41) is 0. The lowest BCUT2D eigenvalue weighted by atomic mass is 10.0. The van der Waals surface area contributed by atoms with Crippen LogP contribution in [-0.2, 0) is 9.47 Å². The standard InChI is InChI=1S/C15H14O2/c1-2-4-12(5-3-1)13-6-8-14(9-7-13)15-16-10-11-17-15/h1-9,15H,10-11H2. The summed E-state index contributed by atoms with van der Waals surface area (Å²) in [5.74, 6) is 0. The van der Waals surface area contributed by atoms with Crippen LogP contribution in [-0.4, -0.2) is 13.2 Å². The van der Waals surface area contributed by atoms with Crippen LogP contribution in [0, 0.1) is 0 Å². The first-order valence-corrected chi connectivity index (χ1v) is 5.82. The van der Waals surface area contributed by atoms with Crippen LogP contribution in [0.3, 0.4) is 0 Å². The van der Waals surface area contributed by atoms with Gasteiger partial charge in [0.15, 0.2) is 6.29 Å². The lowest BCUT2D eigenvalue weighted by Crippen LogP contribution is -1.97. The Morgan fingerprint density at radius 3 is 1.94 bits per heavy atom. The van der Waals surface area contributed by atoms with Crippen molar-refractivity contribution in [1.82, 2.24) is 0 Å². The average molecular weight is 226 g/mol. The number of hydrogen-bond donors (Lipinski definition) is 0. The Labute approximate surface area is 101 Å². The van der Waals surface area contributed by atoms with Gasteiger partial charge in [-0.1, -0.05) is 54.6 Å². The third-order valence-corrected chi connectivity index (χ3v) is 2.91. The molecule has 0 spiro atoms. The SMILES string of the molecule is c1ccc(-c2ccc(C3OCCO3)cc2)cc1. The van der Waals surface area contributed by atoms with Crippen LogP contribution < -0.4 is 0 Å². The summed E-state index contributed by atoms with van der Waals surface area (Å²) in [6, 6.07) is 18.7. The molecule has 1 aliphatic heterocycles. The molecule has 0 aliphatic carbocycles. The highest BCUT2D eigenvalue weighted by molar-refractivity contribution is 5.63. The predicted molar refractivity (Wildman–Crippen MR) is 66.5 cm³/mol. The zero-order valence-corrected chi connectivity index (χ0v) is 9.50. The van der Waals surface area contributed by atoms with E-state index in [2.05, 4.69) is 36.4 Å². The Hall–Kier alpha value is -1.64. The van der Waals surface area contributed by atoms with Crippen LogP contribution in [0.5, 0.6) is 0 Å². The van der Waals surface area contributed by atoms with Gasteiger partial charge in [0, 0.05) is 5.56 Å². The zero-order valence-electron chi connectivity index (χ0n) is 9.50. The summed E-state index contributed by atoms with van der Waals surface area (Å²) in [5.41, 5.74) is 3.53. The molecule has 0 bridgehead atoms. The van der Waals surface area contributed by atoms with Crippen LogP contribution >= 0.6 is 0 Å². The molecule has 0 atom stereocenters. The first-order chi connectivity index (χ1) is 8.43. The summed E-state index contributed by atoms with van der Waals surface area (Å²) in [7, 11) is 0. The molecule has 2 aromatic carbocycles. The van der Waals surface area contributed by atoms with Gasteiger partial charge in [0.2, 0.25) is 0 Å². The average Bonchev–Trinajstić information content (AvgIpc) is 2.94. The molecule has 0 N–H and O–H groups in total. The van der Waals surface area contributed by atoms with E-state index in [4.69, 9.17) is 9.47 Å². The maximum Gasteiger partial charge on any atom is 0.184 e. The van der Waals surface area contributed by atoms with Crippen LogP contribution in [0.15, 0.2) is 54.6 Å². The van der Waals surface area contributed by atoms with Gasteiger partial charge >= 0.3 is 0 Å². The maximum atomic E-state index is 5.46. The number of rotatable bonds is 2. The third-order valence-electron chi connectivity index (χ3n) is 2.91. The zero-order chi connectivity index (χ0) is 11.5. The molecule has 1 aliphatic rings. The summed E-state index contributed by atoms with van der Waals surface area (Å²) in [6.07, 6.45) is -0.181. The predicted octanol–water partition coefficient (Wildman–Crippen LogP) is 3.40. The highest BCUT2D eigenvalue weighted by Gasteiger charge is 2.17. The molecule has 2 nitrogen and oxygen atoms in total. The second-order valence-corrected chi connectivity index (χ2v) is 4.06. The third kappa shape index (κ3) is 2.23. The lowest BCUT2D eigenvalue weighted by Gasteiger charge is -2.10. The van der Waals surface area contributed by atoms with E-state index in [1.165, 1.54) is 11.1 Å². The van der Waals surface area contributed by atoms with E-state index in [0.29, 0.717) is 13.2 Å². The largest absolute Gasteiger partial charge is 0.346 e. The number of hydrogen-bond acceptors (Lipinski definition) is 2. The minimum absolute atomic E-state index is 0.181. The van der Waals surface area contributed by atoms with Crippen molar-refractivity contribution in [2.24, 2.45) is 0 Å². The summed E-state index contributed by atoms with van der Waals surface area (Å²) >= 11 is 0. The second-order valence-electron chi connectivity index (χ2n) is 4.06. The molecule has 0 unspecified atom stereocenters. The van der Waals surface area contributed by atoms with Crippen molar-refractivity contribution >= 4 is 0 Å². The fourth-order valence-corrected chi connectivity index (χ4v) is 2.01. The van der Waals surface area contributed by atoms with Gasteiger partial charge in [0.1, 0.15) is 0 Å². The van der Waals surface area contributed by atoms with Gasteiger partial charge in [0.25, 0.3) is 0 Å². The monoisotopic (exact) mass is 226 g/mol. The summed E-state index contributed by atoms with van der Waals surface area (Å²) < 4.78 is 10.9. The van der Waals surface area contributed by atoms with Crippen molar-refractivity contribution in [1.29, 1.82) is 0 Å². The van der Waals surface area contributed by atoms with Gasteiger partial charge in [-0.15, -0.1) is 0 Å². The Balaban J connectivity index is 1.85. The molecule has 0 amide bonds. The van der Waals surface area contributed by atoms with Crippen molar-refractivity contribution in [2.75, 3.05) is 13.2 Å². The molecule has 1 saturated heterocycles.